The van der Waals surface area contributed by atoms with E-state index in [1.165, 1.54) is 17.3 Å². The van der Waals surface area contributed by atoms with Gasteiger partial charge in [-0.05, 0) is 29.8 Å². The van der Waals surface area contributed by atoms with Crippen molar-refractivity contribution in [2.75, 3.05) is 0 Å². The average Bonchev–Trinajstić information content (AvgIpc) is 2.98. The third-order valence-electron chi connectivity index (χ3n) is 3.01. The van der Waals surface area contributed by atoms with Crippen molar-refractivity contribution < 1.29 is 4.42 Å². The molecule has 0 saturated heterocycles. The van der Waals surface area contributed by atoms with E-state index in [1.54, 1.807) is 12.1 Å². The van der Waals surface area contributed by atoms with Crippen molar-refractivity contribution in [3.8, 4) is 17.5 Å². The van der Waals surface area contributed by atoms with Crippen LogP contribution in [0.25, 0.3) is 11.5 Å². The minimum Gasteiger partial charge on any atom is -0.428 e. The first kappa shape index (κ1) is 14.7. The lowest BCUT2D eigenvalue weighted by atomic mass is 10.2. The van der Waals surface area contributed by atoms with Crippen LogP contribution in [0.4, 0.5) is 0 Å². The number of oxazole rings is 1. The molecule has 0 bridgehead atoms. The first-order valence-electron chi connectivity index (χ1n) is 6.60. The summed E-state index contributed by atoms with van der Waals surface area (Å²) in [4.78, 5) is 4.25. The topological polar surface area (TPSA) is 49.8 Å². The van der Waals surface area contributed by atoms with Crippen LogP contribution in [0.15, 0.2) is 64.1 Å². The Morgan fingerprint density at radius 1 is 1.09 bits per heavy atom. The van der Waals surface area contributed by atoms with Crippen LogP contribution >= 0.6 is 23.4 Å². The standard InChI is InChI=1S/C17H11ClN2OS/c18-14-8-6-13(7-9-14)16-20-15(10-19)17(21-16)22-11-12-4-2-1-3-5-12/h1-9H,11H2. The highest BCUT2D eigenvalue weighted by molar-refractivity contribution is 7.98. The number of aromatic nitrogens is 1. The van der Waals surface area contributed by atoms with Crippen molar-refractivity contribution in [2.45, 2.75) is 10.8 Å². The van der Waals surface area contributed by atoms with Crippen molar-refractivity contribution >= 4 is 23.4 Å². The van der Waals surface area contributed by atoms with E-state index in [0.717, 1.165) is 11.3 Å². The Labute approximate surface area is 137 Å². The van der Waals surface area contributed by atoms with Gasteiger partial charge in [-0.1, -0.05) is 53.7 Å². The van der Waals surface area contributed by atoms with E-state index in [0.29, 0.717) is 21.7 Å². The molecule has 108 valence electrons. The lowest BCUT2D eigenvalue weighted by Crippen LogP contribution is -1.81. The Morgan fingerprint density at radius 2 is 1.82 bits per heavy atom. The summed E-state index contributed by atoms with van der Waals surface area (Å²) in [7, 11) is 0. The molecule has 22 heavy (non-hydrogen) atoms. The SMILES string of the molecule is N#Cc1nc(-c2ccc(Cl)cc2)oc1SCc1ccccc1. The molecule has 3 aromatic rings. The summed E-state index contributed by atoms with van der Waals surface area (Å²) < 4.78 is 5.74. The summed E-state index contributed by atoms with van der Waals surface area (Å²) >= 11 is 7.34. The monoisotopic (exact) mass is 326 g/mol. The van der Waals surface area contributed by atoms with Crippen LogP contribution in [0, 0.1) is 11.3 Å². The molecule has 0 saturated carbocycles. The van der Waals surface area contributed by atoms with Crippen LogP contribution in [-0.4, -0.2) is 4.98 Å². The highest BCUT2D eigenvalue weighted by Crippen LogP contribution is 2.31. The smallest absolute Gasteiger partial charge is 0.228 e. The fraction of sp³-hybridized carbons (Fsp3) is 0.0588. The molecule has 0 atom stereocenters. The fourth-order valence-electron chi connectivity index (χ4n) is 1.91. The maximum atomic E-state index is 9.21. The molecule has 3 nitrogen and oxygen atoms in total. The number of rotatable bonds is 4. The van der Waals surface area contributed by atoms with Gasteiger partial charge in [-0.25, -0.2) is 0 Å². The molecule has 1 aromatic heterocycles. The lowest BCUT2D eigenvalue weighted by molar-refractivity contribution is 0.483. The number of nitrogens with zero attached hydrogens (tertiary/aromatic N) is 2. The third-order valence-corrected chi connectivity index (χ3v) is 4.27. The van der Waals surface area contributed by atoms with E-state index in [4.69, 9.17) is 16.0 Å². The first-order chi connectivity index (χ1) is 10.8. The molecule has 5 heteroatoms. The van der Waals surface area contributed by atoms with Gasteiger partial charge in [0.15, 0.2) is 10.8 Å². The molecular formula is C17H11ClN2OS. The summed E-state index contributed by atoms with van der Waals surface area (Å²) in [6.07, 6.45) is 0. The van der Waals surface area contributed by atoms with Crippen molar-refractivity contribution in [3.05, 3.63) is 70.9 Å². The summed E-state index contributed by atoms with van der Waals surface area (Å²) in [5.74, 6) is 1.16. The zero-order valence-electron chi connectivity index (χ0n) is 11.5. The Bertz CT molecular complexity index is 807. The molecule has 0 amide bonds. The summed E-state index contributed by atoms with van der Waals surface area (Å²) in [5.41, 5.74) is 2.28. The van der Waals surface area contributed by atoms with Crippen LogP contribution in [-0.2, 0) is 5.75 Å². The average molecular weight is 327 g/mol. The minimum absolute atomic E-state index is 0.311. The van der Waals surface area contributed by atoms with Gasteiger partial charge in [-0.15, -0.1) is 0 Å². The lowest BCUT2D eigenvalue weighted by Gasteiger charge is -1.98. The van der Waals surface area contributed by atoms with Crippen LogP contribution in [0.2, 0.25) is 5.02 Å². The van der Waals surface area contributed by atoms with Gasteiger partial charge >= 0.3 is 0 Å². The summed E-state index contributed by atoms with van der Waals surface area (Å²) in [6.45, 7) is 0. The molecule has 0 aliphatic rings. The Kier molecular flexibility index (Phi) is 4.47. The molecule has 0 unspecified atom stereocenters. The molecule has 0 aliphatic heterocycles. The van der Waals surface area contributed by atoms with E-state index >= 15 is 0 Å². The predicted octanol–water partition coefficient (Wildman–Crippen LogP) is 5.16. The molecule has 0 aliphatic carbocycles. The molecule has 1 heterocycles. The predicted molar refractivity (Wildman–Crippen MR) is 87.7 cm³/mol. The minimum atomic E-state index is 0.311. The van der Waals surface area contributed by atoms with Gasteiger partial charge in [0.25, 0.3) is 0 Å². The number of halogens is 1. The number of nitriles is 1. The van der Waals surface area contributed by atoms with Gasteiger partial charge in [-0.3, -0.25) is 0 Å². The number of benzene rings is 2. The van der Waals surface area contributed by atoms with E-state index in [9.17, 15) is 5.26 Å². The van der Waals surface area contributed by atoms with Crippen LogP contribution in [0.3, 0.4) is 0 Å². The maximum Gasteiger partial charge on any atom is 0.228 e. The van der Waals surface area contributed by atoms with Gasteiger partial charge in [0.05, 0.1) is 0 Å². The Balaban J connectivity index is 1.83. The van der Waals surface area contributed by atoms with E-state index in [2.05, 4.69) is 11.1 Å². The number of thioether (sulfide) groups is 1. The first-order valence-corrected chi connectivity index (χ1v) is 7.96. The fourth-order valence-corrected chi connectivity index (χ4v) is 2.90. The zero-order chi connectivity index (χ0) is 15.4. The van der Waals surface area contributed by atoms with E-state index < -0.39 is 0 Å². The quantitative estimate of drug-likeness (QED) is 0.621. The van der Waals surface area contributed by atoms with Crippen molar-refractivity contribution in [2.24, 2.45) is 0 Å². The van der Waals surface area contributed by atoms with Crippen LogP contribution in [0.1, 0.15) is 11.3 Å². The molecule has 0 radical (unpaired) electrons. The van der Waals surface area contributed by atoms with Gasteiger partial charge in [0, 0.05) is 16.3 Å². The van der Waals surface area contributed by atoms with E-state index in [1.807, 2.05) is 42.5 Å². The number of hydrogen-bond acceptors (Lipinski definition) is 4. The molecule has 2 aromatic carbocycles. The largest absolute Gasteiger partial charge is 0.428 e. The summed E-state index contributed by atoms with van der Waals surface area (Å²) in [6, 6.07) is 19.3. The zero-order valence-corrected chi connectivity index (χ0v) is 13.1. The van der Waals surface area contributed by atoms with Gasteiger partial charge in [0.2, 0.25) is 5.89 Å². The second-order valence-corrected chi connectivity index (χ2v) is 5.93. The normalized spacial score (nSPS) is 10.4. The Hall–Kier alpha value is -2.22. The van der Waals surface area contributed by atoms with E-state index in [-0.39, 0.29) is 0 Å². The van der Waals surface area contributed by atoms with Gasteiger partial charge in [0.1, 0.15) is 6.07 Å². The second-order valence-electron chi connectivity index (χ2n) is 4.55. The molecule has 0 N–H and O–H groups in total. The molecule has 0 fully saturated rings. The second kappa shape index (κ2) is 6.69. The molecular weight excluding hydrogens is 316 g/mol. The van der Waals surface area contributed by atoms with Gasteiger partial charge in [-0.2, -0.15) is 10.2 Å². The molecule has 0 spiro atoms. The van der Waals surface area contributed by atoms with Crippen molar-refractivity contribution in [1.82, 2.24) is 4.98 Å². The van der Waals surface area contributed by atoms with Crippen molar-refractivity contribution in [1.29, 1.82) is 5.26 Å². The molecule has 3 rings (SSSR count). The van der Waals surface area contributed by atoms with Crippen LogP contribution in [0.5, 0.6) is 0 Å². The number of hydrogen-bond donors (Lipinski definition) is 0. The van der Waals surface area contributed by atoms with Crippen molar-refractivity contribution in [3.63, 3.8) is 0 Å². The maximum absolute atomic E-state index is 9.21. The van der Waals surface area contributed by atoms with Crippen LogP contribution < -0.4 is 0 Å². The highest BCUT2D eigenvalue weighted by Gasteiger charge is 2.15. The third kappa shape index (κ3) is 3.33. The van der Waals surface area contributed by atoms with Gasteiger partial charge < -0.3 is 4.42 Å². The Morgan fingerprint density at radius 3 is 2.50 bits per heavy atom. The highest BCUT2D eigenvalue weighted by atomic mass is 35.5. The summed E-state index contributed by atoms with van der Waals surface area (Å²) in [5, 5.41) is 10.4.